The van der Waals surface area contributed by atoms with Crippen LogP contribution in [0, 0.1) is 10.1 Å². The van der Waals surface area contributed by atoms with Gasteiger partial charge in [-0.25, -0.2) is 0 Å². The SMILES string of the molecule is COc1ccc(N2C(=O)/C(=C\c3cc(OC)c(OC)cc3[N+](=O)[O-])C(=O)NC2=S)cc1. The van der Waals surface area contributed by atoms with Crippen LogP contribution in [0.5, 0.6) is 17.2 Å². The maximum atomic E-state index is 13.1. The summed E-state index contributed by atoms with van der Waals surface area (Å²) in [5.74, 6) is -0.602. The predicted octanol–water partition coefficient (Wildman–Crippen LogP) is 2.45. The molecule has 1 fully saturated rings. The summed E-state index contributed by atoms with van der Waals surface area (Å²) in [5, 5.41) is 13.9. The molecule has 1 saturated heterocycles. The fraction of sp³-hybridized carbons (Fsp3) is 0.150. The molecule has 160 valence electrons. The Hall–Kier alpha value is -3.99. The van der Waals surface area contributed by atoms with Gasteiger partial charge in [0.1, 0.15) is 11.3 Å². The molecule has 1 aliphatic rings. The zero-order chi connectivity index (χ0) is 22.7. The lowest BCUT2D eigenvalue weighted by atomic mass is 10.0. The van der Waals surface area contributed by atoms with E-state index in [1.807, 2.05) is 0 Å². The van der Waals surface area contributed by atoms with Gasteiger partial charge in [0.05, 0.1) is 43.6 Å². The number of nitro groups is 1. The smallest absolute Gasteiger partial charge is 0.280 e. The van der Waals surface area contributed by atoms with Crippen LogP contribution in [0.25, 0.3) is 6.08 Å². The van der Waals surface area contributed by atoms with E-state index in [2.05, 4.69) is 5.32 Å². The van der Waals surface area contributed by atoms with E-state index in [9.17, 15) is 19.7 Å². The fourth-order valence-electron chi connectivity index (χ4n) is 2.94. The van der Waals surface area contributed by atoms with Crippen molar-refractivity contribution in [1.82, 2.24) is 5.32 Å². The van der Waals surface area contributed by atoms with Crippen LogP contribution in [0.2, 0.25) is 0 Å². The molecule has 2 aromatic rings. The van der Waals surface area contributed by atoms with E-state index in [1.54, 1.807) is 24.3 Å². The lowest BCUT2D eigenvalue weighted by molar-refractivity contribution is -0.385. The van der Waals surface area contributed by atoms with E-state index in [1.165, 1.54) is 27.4 Å². The van der Waals surface area contributed by atoms with Gasteiger partial charge < -0.3 is 14.2 Å². The van der Waals surface area contributed by atoms with Crippen LogP contribution in [0.3, 0.4) is 0 Å². The van der Waals surface area contributed by atoms with Gasteiger partial charge in [0.25, 0.3) is 17.5 Å². The molecule has 11 heteroatoms. The number of hydrogen-bond acceptors (Lipinski definition) is 8. The monoisotopic (exact) mass is 443 g/mol. The quantitative estimate of drug-likeness (QED) is 0.238. The summed E-state index contributed by atoms with van der Waals surface area (Å²) < 4.78 is 15.4. The number of nitro benzene ring substituents is 1. The van der Waals surface area contributed by atoms with Gasteiger partial charge >= 0.3 is 0 Å². The summed E-state index contributed by atoms with van der Waals surface area (Å²) in [6.45, 7) is 0. The zero-order valence-corrected chi connectivity index (χ0v) is 17.5. The second-order valence-corrected chi connectivity index (χ2v) is 6.57. The zero-order valence-electron chi connectivity index (χ0n) is 16.7. The Kier molecular flexibility index (Phi) is 6.16. The first-order chi connectivity index (χ1) is 14.8. The molecule has 0 atom stereocenters. The summed E-state index contributed by atoms with van der Waals surface area (Å²) in [6, 6.07) is 8.92. The summed E-state index contributed by atoms with van der Waals surface area (Å²) in [5.41, 5.74) is -0.318. The van der Waals surface area contributed by atoms with Crippen molar-refractivity contribution in [3.63, 3.8) is 0 Å². The van der Waals surface area contributed by atoms with Gasteiger partial charge in [-0.05, 0) is 48.6 Å². The number of rotatable bonds is 6. The number of carbonyl (C=O) groups is 2. The first kappa shape index (κ1) is 21.7. The molecule has 3 rings (SSSR count). The summed E-state index contributed by atoms with van der Waals surface area (Å²) >= 11 is 5.15. The number of nitrogens with zero attached hydrogens (tertiary/aromatic N) is 2. The molecule has 0 bridgehead atoms. The minimum atomic E-state index is -0.774. The average Bonchev–Trinajstić information content (AvgIpc) is 2.76. The number of amides is 2. The third-order valence-electron chi connectivity index (χ3n) is 4.46. The number of benzene rings is 2. The van der Waals surface area contributed by atoms with Gasteiger partial charge in [0.15, 0.2) is 16.6 Å². The van der Waals surface area contributed by atoms with Crippen LogP contribution in [0.1, 0.15) is 5.56 Å². The Labute approximate surface area is 182 Å². The molecule has 0 unspecified atom stereocenters. The van der Waals surface area contributed by atoms with E-state index in [0.29, 0.717) is 11.4 Å². The van der Waals surface area contributed by atoms with E-state index >= 15 is 0 Å². The van der Waals surface area contributed by atoms with Gasteiger partial charge in [-0.1, -0.05) is 0 Å². The molecular formula is C20H17N3O7S. The second kappa shape index (κ2) is 8.79. The third kappa shape index (κ3) is 4.16. The maximum absolute atomic E-state index is 13.1. The number of carbonyl (C=O) groups excluding carboxylic acids is 2. The van der Waals surface area contributed by atoms with Crippen molar-refractivity contribution in [2.24, 2.45) is 0 Å². The standard InChI is InChI=1S/C20H17N3O7S/c1-28-13-6-4-12(5-7-13)22-19(25)14(18(24)21-20(22)31)8-11-9-16(29-2)17(30-3)10-15(11)23(26)27/h4-10H,1-3H3,(H,21,24,31)/b14-8-. The number of nitrogens with one attached hydrogen (secondary N) is 1. The van der Waals surface area contributed by atoms with Crippen LogP contribution >= 0.6 is 12.2 Å². The fourth-order valence-corrected chi connectivity index (χ4v) is 3.22. The van der Waals surface area contributed by atoms with Crippen molar-refractivity contribution in [2.45, 2.75) is 0 Å². The molecule has 0 aliphatic carbocycles. The minimum absolute atomic E-state index is 0.0105. The van der Waals surface area contributed by atoms with Crippen LogP contribution in [-0.4, -0.2) is 43.2 Å². The number of thiocarbonyl (C=S) groups is 1. The summed E-state index contributed by atoms with van der Waals surface area (Å²) in [6.07, 6.45) is 1.12. The van der Waals surface area contributed by atoms with Crippen molar-refractivity contribution < 1.29 is 28.7 Å². The van der Waals surface area contributed by atoms with Gasteiger partial charge in [-0.3, -0.25) is 29.9 Å². The molecule has 1 heterocycles. The van der Waals surface area contributed by atoms with Crippen molar-refractivity contribution in [3.05, 3.63) is 57.6 Å². The van der Waals surface area contributed by atoms with Gasteiger partial charge in [0, 0.05) is 0 Å². The molecule has 31 heavy (non-hydrogen) atoms. The number of hydrogen-bond donors (Lipinski definition) is 1. The molecule has 1 aliphatic heterocycles. The van der Waals surface area contributed by atoms with E-state index in [-0.39, 0.29) is 33.4 Å². The van der Waals surface area contributed by atoms with E-state index < -0.39 is 16.7 Å². The number of anilines is 1. The Bertz CT molecular complexity index is 1110. The van der Waals surface area contributed by atoms with Crippen molar-refractivity contribution in [2.75, 3.05) is 26.2 Å². The Morgan fingerprint density at radius 3 is 2.19 bits per heavy atom. The largest absolute Gasteiger partial charge is 0.497 e. The molecule has 0 saturated carbocycles. The molecular weight excluding hydrogens is 426 g/mol. The van der Waals surface area contributed by atoms with Gasteiger partial charge in [-0.15, -0.1) is 0 Å². The predicted molar refractivity (Wildman–Crippen MR) is 115 cm³/mol. The lowest BCUT2D eigenvalue weighted by Crippen LogP contribution is -2.54. The van der Waals surface area contributed by atoms with Crippen molar-refractivity contribution >= 4 is 46.6 Å². The molecule has 2 amide bonds. The topological polar surface area (TPSA) is 120 Å². The van der Waals surface area contributed by atoms with Crippen molar-refractivity contribution in [3.8, 4) is 17.2 Å². The van der Waals surface area contributed by atoms with Crippen molar-refractivity contribution in [1.29, 1.82) is 0 Å². The number of methoxy groups -OCH3 is 3. The van der Waals surface area contributed by atoms with E-state index in [4.69, 9.17) is 26.4 Å². The van der Waals surface area contributed by atoms with E-state index in [0.717, 1.165) is 17.0 Å². The first-order valence-electron chi connectivity index (χ1n) is 8.76. The molecule has 2 aromatic carbocycles. The average molecular weight is 443 g/mol. The highest BCUT2D eigenvalue weighted by atomic mass is 32.1. The van der Waals surface area contributed by atoms with Crippen LogP contribution in [0.15, 0.2) is 42.0 Å². The van der Waals surface area contributed by atoms with Gasteiger partial charge in [0.2, 0.25) is 0 Å². The molecule has 0 spiro atoms. The molecule has 0 radical (unpaired) electrons. The Morgan fingerprint density at radius 1 is 1.03 bits per heavy atom. The number of ether oxygens (including phenoxy) is 3. The van der Waals surface area contributed by atoms with Crippen LogP contribution < -0.4 is 24.4 Å². The van der Waals surface area contributed by atoms with Crippen LogP contribution in [0.4, 0.5) is 11.4 Å². The Balaban J connectivity index is 2.10. The lowest BCUT2D eigenvalue weighted by Gasteiger charge is -2.29. The maximum Gasteiger partial charge on any atom is 0.280 e. The highest BCUT2D eigenvalue weighted by Crippen LogP contribution is 2.36. The highest BCUT2D eigenvalue weighted by molar-refractivity contribution is 7.80. The summed E-state index contributed by atoms with van der Waals surface area (Å²) in [4.78, 5) is 37.6. The molecule has 10 nitrogen and oxygen atoms in total. The highest BCUT2D eigenvalue weighted by Gasteiger charge is 2.35. The first-order valence-corrected chi connectivity index (χ1v) is 9.17. The normalized spacial score (nSPS) is 15.0. The molecule has 1 N–H and O–H groups in total. The minimum Gasteiger partial charge on any atom is -0.497 e. The van der Waals surface area contributed by atoms with Crippen LogP contribution in [-0.2, 0) is 9.59 Å². The summed E-state index contributed by atoms with van der Waals surface area (Å²) in [7, 11) is 4.21. The third-order valence-corrected chi connectivity index (χ3v) is 4.75. The second-order valence-electron chi connectivity index (χ2n) is 6.18. The van der Waals surface area contributed by atoms with Gasteiger partial charge in [-0.2, -0.15) is 0 Å². The Morgan fingerprint density at radius 2 is 1.65 bits per heavy atom. The molecule has 0 aromatic heterocycles.